The van der Waals surface area contributed by atoms with Crippen LogP contribution in [-0.2, 0) is 14.4 Å². The molecule has 0 spiro atoms. The highest BCUT2D eigenvalue weighted by Crippen LogP contribution is 2.36. The molecule has 1 fully saturated rings. The van der Waals surface area contributed by atoms with Crippen LogP contribution in [0.2, 0.25) is 5.02 Å². The number of halogens is 1. The Labute approximate surface area is 182 Å². The predicted molar refractivity (Wildman–Crippen MR) is 111 cm³/mol. The van der Waals surface area contributed by atoms with Crippen LogP contribution in [0.3, 0.4) is 0 Å². The van der Waals surface area contributed by atoms with Crippen molar-refractivity contribution in [1.29, 1.82) is 0 Å². The lowest BCUT2D eigenvalue weighted by Gasteiger charge is -2.20. The molecule has 0 radical (unpaired) electrons. The van der Waals surface area contributed by atoms with Gasteiger partial charge in [0.25, 0.3) is 11.8 Å². The van der Waals surface area contributed by atoms with Crippen LogP contribution in [0.15, 0.2) is 52.8 Å². The summed E-state index contributed by atoms with van der Waals surface area (Å²) in [6.07, 6.45) is 0. The average Bonchev–Trinajstić information content (AvgIpc) is 3.27. The minimum absolute atomic E-state index is 0.254. The van der Waals surface area contributed by atoms with Gasteiger partial charge in [0, 0.05) is 16.8 Å². The second kappa shape index (κ2) is 8.23. The maximum Gasteiger partial charge on any atom is 0.263 e. The minimum Gasteiger partial charge on any atom is -0.493 e. The van der Waals surface area contributed by atoms with Crippen molar-refractivity contribution in [3.05, 3.63) is 47.5 Å². The molecule has 0 bridgehead atoms. The predicted octanol–water partition coefficient (Wildman–Crippen LogP) is 2.29. The van der Waals surface area contributed by atoms with Crippen molar-refractivity contribution in [2.45, 2.75) is 12.1 Å². The summed E-state index contributed by atoms with van der Waals surface area (Å²) >= 11 is 5.92. The Hall–Kier alpha value is -3.66. The third-order valence-corrected chi connectivity index (χ3v) is 5.13. The number of nitrogens with one attached hydrogen (secondary N) is 1. The van der Waals surface area contributed by atoms with Gasteiger partial charge in [-0.05, 0) is 30.3 Å². The van der Waals surface area contributed by atoms with Gasteiger partial charge in [0.1, 0.15) is 6.54 Å². The highest BCUT2D eigenvalue weighted by atomic mass is 35.5. The first-order valence-corrected chi connectivity index (χ1v) is 9.63. The molecule has 2 aromatic carbocycles. The highest BCUT2D eigenvalue weighted by Gasteiger charge is 2.55. The molecule has 1 N–H and O–H groups in total. The number of benzene rings is 2. The SMILES string of the molecule is COc1ccc(N2C(=O)[C@@H]3[C@@H](N=NN3CC(=O)Nc3cccc(Cl)c3)C2=O)cc1OC. The summed E-state index contributed by atoms with van der Waals surface area (Å²) in [6.45, 7) is -0.254. The van der Waals surface area contributed by atoms with Crippen LogP contribution < -0.4 is 19.7 Å². The maximum absolute atomic E-state index is 13.1. The summed E-state index contributed by atoms with van der Waals surface area (Å²) in [7, 11) is 2.94. The van der Waals surface area contributed by atoms with Gasteiger partial charge in [-0.1, -0.05) is 22.9 Å². The summed E-state index contributed by atoms with van der Waals surface area (Å²) in [6, 6.07) is 9.35. The Balaban J connectivity index is 1.51. The Morgan fingerprint density at radius 2 is 1.87 bits per heavy atom. The molecule has 10 nitrogen and oxygen atoms in total. The van der Waals surface area contributed by atoms with Crippen molar-refractivity contribution in [1.82, 2.24) is 5.01 Å². The quantitative estimate of drug-likeness (QED) is 0.685. The number of ether oxygens (including phenoxy) is 2. The number of fused-ring (bicyclic) bond motifs is 1. The number of rotatable bonds is 6. The van der Waals surface area contributed by atoms with Crippen LogP contribution >= 0.6 is 11.6 Å². The van der Waals surface area contributed by atoms with E-state index >= 15 is 0 Å². The molecule has 4 rings (SSSR count). The zero-order chi connectivity index (χ0) is 22.1. The van der Waals surface area contributed by atoms with Gasteiger partial charge >= 0.3 is 0 Å². The maximum atomic E-state index is 13.1. The first-order valence-electron chi connectivity index (χ1n) is 9.25. The highest BCUT2D eigenvalue weighted by molar-refractivity contribution is 6.31. The van der Waals surface area contributed by atoms with Gasteiger partial charge in [0.2, 0.25) is 5.91 Å². The third-order valence-electron chi connectivity index (χ3n) is 4.90. The van der Waals surface area contributed by atoms with Crippen LogP contribution in [0.25, 0.3) is 0 Å². The van der Waals surface area contributed by atoms with E-state index in [4.69, 9.17) is 21.1 Å². The summed E-state index contributed by atoms with van der Waals surface area (Å²) < 4.78 is 10.4. The average molecular weight is 444 g/mol. The number of hydrogen-bond acceptors (Lipinski definition) is 8. The number of anilines is 2. The Bertz CT molecular complexity index is 1090. The van der Waals surface area contributed by atoms with Crippen LogP contribution in [0, 0.1) is 0 Å². The lowest BCUT2D eigenvalue weighted by Crippen LogP contribution is -2.43. The molecule has 31 heavy (non-hydrogen) atoms. The first-order chi connectivity index (χ1) is 14.9. The second-order valence-electron chi connectivity index (χ2n) is 6.80. The van der Waals surface area contributed by atoms with E-state index in [9.17, 15) is 14.4 Å². The zero-order valence-electron chi connectivity index (χ0n) is 16.6. The topological polar surface area (TPSA) is 113 Å². The van der Waals surface area contributed by atoms with Gasteiger partial charge < -0.3 is 14.8 Å². The fourth-order valence-electron chi connectivity index (χ4n) is 3.49. The lowest BCUT2D eigenvalue weighted by molar-refractivity contribution is -0.123. The van der Waals surface area contributed by atoms with Crippen molar-refractivity contribution in [2.75, 3.05) is 31.0 Å². The number of carbonyl (C=O) groups is 3. The van der Waals surface area contributed by atoms with E-state index in [0.717, 1.165) is 4.90 Å². The summed E-state index contributed by atoms with van der Waals surface area (Å²) in [5.74, 6) is -0.639. The van der Waals surface area contributed by atoms with E-state index < -0.39 is 29.8 Å². The van der Waals surface area contributed by atoms with Crippen molar-refractivity contribution in [3.63, 3.8) is 0 Å². The number of amides is 3. The van der Waals surface area contributed by atoms with Gasteiger partial charge in [-0.3, -0.25) is 19.4 Å². The molecule has 2 atom stereocenters. The van der Waals surface area contributed by atoms with Gasteiger partial charge in [0.15, 0.2) is 23.6 Å². The zero-order valence-corrected chi connectivity index (χ0v) is 17.4. The Morgan fingerprint density at radius 1 is 1.10 bits per heavy atom. The Morgan fingerprint density at radius 3 is 2.58 bits per heavy atom. The molecular formula is C20H18ClN5O5. The van der Waals surface area contributed by atoms with E-state index in [1.165, 1.54) is 25.3 Å². The second-order valence-corrected chi connectivity index (χ2v) is 7.24. The van der Waals surface area contributed by atoms with Crippen LogP contribution in [0.5, 0.6) is 11.5 Å². The number of hydrogen-bond donors (Lipinski definition) is 1. The molecule has 2 heterocycles. The largest absolute Gasteiger partial charge is 0.493 e. The van der Waals surface area contributed by atoms with Crippen LogP contribution in [-0.4, -0.2) is 55.6 Å². The van der Waals surface area contributed by atoms with E-state index in [2.05, 4.69) is 15.7 Å². The molecule has 160 valence electrons. The molecule has 0 unspecified atom stereocenters. The molecular weight excluding hydrogens is 426 g/mol. The standard InChI is InChI=1S/C20H18ClN5O5/c1-30-14-7-6-13(9-15(14)31-2)26-19(28)17-18(20(26)29)25(24-23-17)10-16(27)22-12-5-3-4-11(21)8-12/h3-9,17-18H,10H2,1-2H3,(H,22,27)/t17-,18+/m1/s1. The van der Waals surface area contributed by atoms with Crippen molar-refractivity contribution in [2.24, 2.45) is 10.3 Å². The molecule has 2 aliphatic rings. The summed E-state index contributed by atoms with van der Waals surface area (Å²) in [5, 5.41) is 12.2. The fourth-order valence-corrected chi connectivity index (χ4v) is 3.68. The van der Waals surface area contributed by atoms with E-state index in [-0.39, 0.29) is 6.54 Å². The summed E-state index contributed by atoms with van der Waals surface area (Å²) in [5.41, 5.74) is 0.826. The Kier molecular flexibility index (Phi) is 5.47. The van der Waals surface area contributed by atoms with E-state index in [1.54, 1.807) is 36.4 Å². The molecule has 2 aliphatic heterocycles. The monoisotopic (exact) mass is 443 g/mol. The molecule has 11 heteroatoms. The number of imide groups is 1. The number of carbonyl (C=O) groups excluding carboxylic acids is 3. The van der Waals surface area contributed by atoms with Crippen molar-refractivity contribution < 1.29 is 23.9 Å². The molecule has 3 amide bonds. The molecule has 0 saturated carbocycles. The van der Waals surface area contributed by atoms with Crippen LogP contribution in [0.1, 0.15) is 0 Å². The smallest absolute Gasteiger partial charge is 0.263 e. The normalized spacial score (nSPS) is 19.6. The van der Waals surface area contributed by atoms with Gasteiger partial charge in [-0.25, -0.2) is 4.90 Å². The fraction of sp³-hybridized carbons (Fsp3) is 0.250. The van der Waals surface area contributed by atoms with Crippen LogP contribution in [0.4, 0.5) is 11.4 Å². The van der Waals surface area contributed by atoms with E-state index in [1.807, 2.05) is 0 Å². The molecule has 0 aliphatic carbocycles. The number of nitrogens with zero attached hydrogens (tertiary/aromatic N) is 4. The minimum atomic E-state index is -1.01. The number of methoxy groups -OCH3 is 2. The van der Waals surface area contributed by atoms with Crippen molar-refractivity contribution >= 4 is 40.7 Å². The van der Waals surface area contributed by atoms with E-state index in [0.29, 0.717) is 27.9 Å². The van der Waals surface area contributed by atoms with Gasteiger partial charge in [-0.2, -0.15) is 5.11 Å². The molecule has 2 aromatic rings. The molecule has 0 aromatic heterocycles. The third kappa shape index (κ3) is 3.77. The lowest BCUT2D eigenvalue weighted by atomic mass is 10.1. The summed E-state index contributed by atoms with van der Waals surface area (Å²) in [4.78, 5) is 39.4. The van der Waals surface area contributed by atoms with Gasteiger partial charge in [0.05, 0.1) is 19.9 Å². The van der Waals surface area contributed by atoms with Crippen molar-refractivity contribution in [3.8, 4) is 11.5 Å². The molecule has 1 saturated heterocycles. The first kappa shape index (κ1) is 20.6. The van der Waals surface area contributed by atoms with Gasteiger partial charge in [-0.15, -0.1) is 0 Å².